The highest BCUT2D eigenvalue weighted by molar-refractivity contribution is 5.78. The number of rotatable bonds is 7. The first-order chi connectivity index (χ1) is 8.17. The number of carbonyl (C=O) groups is 1. The summed E-state index contributed by atoms with van der Waals surface area (Å²) in [5.74, 6) is 0.818. The molecular formula is C12H22N4O. The SMILES string of the molecule is CCC(C)NCC(=O)NC(CC)c1ncc[nH]1. The Morgan fingerprint density at radius 3 is 2.76 bits per heavy atom. The first-order valence-electron chi connectivity index (χ1n) is 6.19. The van der Waals surface area contributed by atoms with E-state index in [4.69, 9.17) is 0 Å². The zero-order chi connectivity index (χ0) is 12.7. The largest absolute Gasteiger partial charge is 0.347 e. The third kappa shape index (κ3) is 4.56. The van der Waals surface area contributed by atoms with Crippen molar-refractivity contribution < 1.29 is 4.79 Å². The Bertz CT molecular complexity index is 323. The van der Waals surface area contributed by atoms with Gasteiger partial charge >= 0.3 is 0 Å². The molecule has 0 saturated heterocycles. The lowest BCUT2D eigenvalue weighted by atomic mass is 10.2. The molecule has 0 aliphatic carbocycles. The maximum absolute atomic E-state index is 11.7. The summed E-state index contributed by atoms with van der Waals surface area (Å²) in [6.07, 6.45) is 5.30. The molecule has 1 aromatic rings. The van der Waals surface area contributed by atoms with Gasteiger partial charge in [0.05, 0.1) is 12.6 Å². The van der Waals surface area contributed by atoms with Crippen molar-refractivity contribution in [2.45, 2.75) is 45.7 Å². The Balaban J connectivity index is 2.38. The number of H-pyrrole nitrogens is 1. The Morgan fingerprint density at radius 2 is 2.24 bits per heavy atom. The number of amides is 1. The van der Waals surface area contributed by atoms with Crippen molar-refractivity contribution in [3.05, 3.63) is 18.2 Å². The maximum Gasteiger partial charge on any atom is 0.234 e. The molecule has 0 aliphatic heterocycles. The van der Waals surface area contributed by atoms with Crippen molar-refractivity contribution in [2.75, 3.05) is 6.54 Å². The van der Waals surface area contributed by atoms with Gasteiger partial charge in [0.15, 0.2) is 0 Å². The second kappa shape index (κ2) is 7.06. The summed E-state index contributed by atoms with van der Waals surface area (Å²) >= 11 is 0. The van der Waals surface area contributed by atoms with Gasteiger partial charge in [0.25, 0.3) is 0 Å². The van der Waals surface area contributed by atoms with E-state index in [1.54, 1.807) is 12.4 Å². The minimum absolute atomic E-state index is 0.00792. The molecule has 1 heterocycles. The third-order valence-corrected chi connectivity index (χ3v) is 2.82. The molecule has 0 aliphatic rings. The van der Waals surface area contributed by atoms with E-state index in [0.29, 0.717) is 12.6 Å². The van der Waals surface area contributed by atoms with Gasteiger partial charge < -0.3 is 15.6 Å². The smallest absolute Gasteiger partial charge is 0.234 e. The van der Waals surface area contributed by atoms with Crippen molar-refractivity contribution in [2.24, 2.45) is 0 Å². The molecule has 1 amide bonds. The van der Waals surface area contributed by atoms with E-state index in [-0.39, 0.29) is 11.9 Å². The first kappa shape index (κ1) is 13.7. The van der Waals surface area contributed by atoms with Gasteiger partial charge in [0, 0.05) is 18.4 Å². The summed E-state index contributed by atoms with van der Waals surface area (Å²) < 4.78 is 0. The molecule has 5 heteroatoms. The normalized spacial score (nSPS) is 14.3. The second-order valence-electron chi connectivity index (χ2n) is 4.19. The van der Waals surface area contributed by atoms with Crippen LogP contribution in [0.25, 0.3) is 0 Å². The van der Waals surface area contributed by atoms with Crippen molar-refractivity contribution >= 4 is 5.91 Å². The van der Waals surface area contributed by atoms with Crippen molar-refractivity contribution in [1.82, 2.24) is 20.6 Å². The van der Waals surface area contributed by atoms with Crippen LogP contribution in [0.15, 0.2) is 12.4 Å². The number of aromatic nitrogens is 2. The molecular weight excluding hydrogens is 216 g/mol. The molecule has 0 bridgehead atoms. The average molecular weight is 238 g/mol. The molecule has 1 rings (SSSR count). The summed E-state index contributed by atoms with van der Waals surface area (Å²) in [4.78, 5) is 18.9. The molecule has 2 atom stereocenters. The topological polar surface area (TPSA) is 69.8 Å². The lowest BCUT2D eigenvalue weighted by Crippen LogP contribution is -2.39. The van der Waals surface area contributed by atoms with Gasteiger partial charge in [-0.15, -0.1) is 0 Å². The van der Waals surface area contributed by atoms with Crippen LogP contribution in [0.4, 0.5) is 0 Å². The van der Waals surface area contributed by atoms with Gasteiger partial charge in [0.2, 0.25) is 5.91 Å². The van der Waals surface area contributed by atoms with E-state index in [2.05, 4.69) is 34.4 Å². The molecule has 0 radical (unpaired) electrons. The van der Waals surface area contributed by atoms with Gasteiger partial charge in [-0.25, -0.2) is 4.98 Å². The van der Waals surface area contributed by atoms with Crippen LogP contribution in [0.3, 0.4) is 0 Å². The molecule has 3 N–H and O–H groups in total. The van der Waals surface area contributed by atoms with Gasteiger partial charge in [-0.05, 0) is 19.8 Å². The van der Waals surface area contributed by atoms with Crippen LogP contribution in [-0.2, 0) is 4.79 Å². The minimum Gasteiger partial charge on any atom is -0.347 e. The van der Waals surface area contributed by atoms with E-state index in [9.17, 15) is 4.79 Å². The van der Waals surface area contributed by atoms with Crippen molar-refractivity contribution in [3.8, 4) is 0 Å². The van der Waals surface area contributed by atoms with Crippen molar-refractivity contribution in [3.63, 3.8) is 0 Å². The van der Waals surface area contributed by atoms with Crippen LogP contribution >= 0.6 is 0 Å². The van der Waals surface area contributed by atoms with Crippen LogP contribution in [0.5, 0.6) is 0 Å². The van der Waals surface area contributed by atoms with E-state index in [1.807, 2.05) is 6.92 Å². The molecule has 5 nitrogen and oxygen atoms in total. The highest BCUT2D eigenvalue weighted by Gasteiger charge is 2.14. The highest BCUT2D eigenvalue weighted by atomic mass is 16.2. The highest BCUT2D eigenvalue weighted by Crippen LogP contribution is 2.10. The van der Waals surface area contributed by atoms with Gasteiger partial charge in [0.1, 0.15) is 5.82 Å². The minimum atomic E-state index is -0.0313. The predicted molar refractivity (Wildman–Crippen MR) is 67.5 cm³/mol. The summed E-state index contributed by atoms with van der Waals surface area (Å²) in [5, 5.41) is 6.12. The Labute approximate surface area is 102 Å². The predicted octanol–water partition coefficient (Wildman–Crippen LogP) is 1.37. The first-order valence-corrected chi connectivity index (χ1v) is 6.19. The summed E-state index contributed by atoms with van der Waals surface area (Å²) in [6.45, 7) is 6.53. The number of aromatic amines is 1. The molecule has 0 spiro atoms. The zero-order valence-corrected chi connectivity index (χ0v) is 10.8. The number of nitrogens with zero attached hydrogens (tertiary/aromatic N) is 1. The van der Waals surface area contributed by atoms with E-state index < -0.39 is 0 Å². The fraction of sp³-hybridized carbons (Fsp3) is 0.667. The fourth-order valence-corrected chi connectivity index (χ4v) is 1.49. The number of carbonyl (C=O) groups excluding carboxylic acids is 1. The number of hydrogen-bond acceptors (Lipinski definition) is 3. The van der Waals surface area contributed by atoms with E-state index >= 15 is 0 Å². The second-order valence-corrected chi connectivity index (χ2v) is 4.19. The van der Waals surface area contributed by atoms with Crippen LogP contribution in [0, 0.1) is 0 Å². The maximum atomic E-state index is 11.7. The number of imidazole rings is 1. The summed E-state index contributed by atoms with van der Waals surface area (Å²) in [7, 11) is 0. The standard InChI is InChI=1S/C12H22N4O/c1-4-9(3)15-8-11(17)16-10(5-2)12-13-6-7-14-12/h6-7,9-10,15H,4-5,8H2,1-3H3,(H,13,14)(H,16,17). The molecule has 17 heavy (non-hydrogen) atoms. The molecule has 1 aromatic heterocycles. The molecule has 2 unspecified atom stereocenters. The van der Waals surface area contributed by atoms with Crippen LogP contribution in [-0.4, -0.2) is 28.5 Å². The number of hydrogen-bond donors (Lipinski definition) is 3. The third-order valence-electron chi connectivity index (χ3n) is 2.82. The molecule has 0 saturated carbocycles. The molecule has 0 fully saturated rings. The van der Waals surface area contributed by atoms with E-state index in [0.717, 1.165) is 18.7 Å². The molecule has 96 valence electrons. The van der Waals surface area contributed by atoms with Gasteiger partial charge in [-0.3, -0.25) is 4.79 Å². The monoisotopic (exact) mass is 238 g/mol. The van der Waals surface area contributed by atoms with Gasteiger partial charge in [-0.1, -0.05) is 13.8 Å². The van der Waals surface area contributed by atoms with Crippen LogP contribution in [0.2, 0.25) is 0 Å². The Kier molecular flexibility index (Phi) is 5.69. The lowest BCUT2D eigenvalue weighted by Gasteiger charge is -2.16. The lowest BCUT2D eigenvalue weighted by molar-refractivity contribution is -0.121. The van der Waals surface area contributed by atoms with Crippen LogP contribution in [0.1, 0.15) is 45.5 Å². The average Bonchev–Trinajstić information content (AvgIpc) is 2.86. The van der Waals surface area contributed by atoms with Crippen LogP contribution < -0.4 is 10.6 Å². The Hall–Kier alpha value is -1.36. The number of nitrogens with one attached hydrogen (secondary N) is 3. The Morgan fingerprint density at radius 1 is 1.47 bits per heavy atom. The van der Waals surface area contributed by atoms with Crippen molar-refractivity contribution in [1.29, 1.82) is 0 Å². The zero-order valence-electron chi connectivity index (χ0n) is 10.8. The van der Waals surface area contributed by atoms with Gasteiger partial charge in [-0.2, -0.15) is 0 Å². The van der Waals surface area contributed by atoms with E-state index in [1.165, 1.54) is 0 Å². The summed E-state index contributed by atoms with van der Waals surface area (Å²) in [5.41, 5.74) is 0. The summed E-state index contributed by atoms with van der Waals surface area (Å²) in [6, 6.07) is 0.334. The fourth-order valence-electron chi connectivity index (χ4n) is 1.49. The quantitative estimate of drug-likeness (QED) is 0.672. The molecule has 0 aromatic carbocycles.